The molecule has 0 bridgehead atoms. The number of H-pyrrole nitrogens is 1. The zero-order valence-electron chi connectivity index (χ0n) is 26.1. The van der Waals surface area contributed by atoms with E-state index in [9.17, 15) is 9.59 Å². The van der Waals surface area contributed by atoms with E-state index in [-0.39, 0.29) is 18.2 Å². The molecule has 1 atom stereocenters. The largest absolute Gasteiger partial charge is 0.368 e. The first-order valence-electron chi connectivity index (χ1n) is 15.9. The fourth-order valence-corrected chi connectivity index (χ4v) is 6.42. The summed E-state index contributed by atoms with van der Waals surface area (Å²) in [4.78, 5) is 42.8. The Balaban J connectivity index is 1.26. The summed E-state index contributed by atoms with van der Waals surface area (Å²) in [7, 11) is 2.12. The van der Waals surface area contributed by atoms with Gasteiger partial charge in [0.25, 0.3) is 0 Å². The molecule has 0 unspecified atom stereocenters. The number of tetrazole rings is 1. The second kappa shape index (κ2) is 14.1. The number of anilines is 2. The Hall–Kier alpha value is -4.75. The maximum atomic E-state index is 14.2. The summed E-state index contributed by atoms with van der Waals surface area (Å²) in [5, 5.41) is 14.2. The van der Waals surface area contributed by atoms with Crippen LogP contribution in [-0.2, 0) is 16.0 Å². The van der Waals surface area contributed by atoms with Gasteiger partial charge in [0.15, 0.2) is 0 Å². The van der Waals surface area contributed by atoms with Gasteiger partial charge in [0.2, 0.25) is 23.6 Å². The van der Waals surface area contributed by atoms with Crippen LogP contribution >= 0.6 is 0 Å². The first kappa shape index (κ1) is 31.2. The summed E-state index contributed by atoms with van der Waals surface area (Å²) < 4.78 is 0. The van der Waals surface area contributed by atoms with Crippen molar-refractivity contribution in [1.82, 2.24) is 35.5 Å². The highest BCUT2D eigenvalue weighted by Gasteiger charge is 2.36. The van der Waals surface area contributed by atoms with Gasteiger partial charge in [-0.05, 0) is 85.8 Å². The van der Waals surface area contributed by atoms with Crippen LogP contribution < -0.4 is 21.3 Å². The lowest BCUT2D eigenvalue weighted by atomic mass is 9.81. The number of piperazine rings is 1. The molecule has 2 fully saturated rings. The van der Waals surface area contributed by atoms with Gasteiger partial charge in [-0.25, -0.2) is 9.97 Å². The Labute approximate surface area is 268 Å². The van der Waals surface area contributed by atoms with Crippen LogP contribution in [0.5, 0.6) is 0 Å². The van der Waals surface area contributed by atoms with Crippen molar-refractivity contribution in [3.63, 3.8) is 0 Å². The molecule has 0 radical (unpaired) electrons. The fraction of sp³-hybridized carbons (Fsp3) is 0.424. The average molecular weight is 624 g/mol. The number of rotatable bonds is 10. The molecule has 0 spiro atoms. The van der Waals surface area contributed by atoms with Crippen LogP contribution in [0.25, 0.3) is 22.5 Å². The van der Waals surface area contributed by atoms with Gasteiger partial charge < -0.3 is 21.3 Å². The lowest BCUT2D eigenvalue weighted by Crippen LogP contribution is -2.52. The number of aromatic nitrogens is 6. The van der Waals surface area contributed by atoms with E-state index in [1.54, 1.807) is 17.0 Å². The molecular weight excluding hydrogens is 582 g/mol. The zero-order valence-corrected chi connectivity index (χ0v) is 26.1. The highest BCUT2D eigenvalue weighted by molar-refractivity contribution is 6.01. The van der Waals surface area contributed by atoms with Crippen molar-refractivity contribution in [2.24, 2.45) is 23.3 Å². The molecule has 2 amide bonds. The summed E-state index contributed by atoms with van der Waals surface area (Å²) in [6.07, 6.45) is 7.15. The number of carbonyl (C=O) groups is 2. The zero-order chi connectivity index (χ0) is 32.0. The molecule has 2 aromatic carbocycles. The number of aromatic amines is 1. The molecule has 2 aromatic heterocycles. The normalized spacial score (nSPS) is 19.5. The predicted octanol–water partition coefficient (Wildman–Crippen LogP) is 2.27. The number of amides is 2. The molecule has 6 rings (SSSR count). The Bertz CT molecular complexity index is 1600. The fourth-order valence-electron chi connectivity index (χ4n) is 6.42. The van der Waals surface area contributed by atoms with Gasteiger partial charge >= 0.3 is 0 Å². The third-order valence-corrected chi connectivity index (χ3v) is 9.27. The van der Waals surface area contributed by atoms with E-state index in [1.165, 1.54) is 0 Å². The molecular formula is C33H41N11O2. The highest BCUT2D eigenvalue weighted by atomic mass is 16.2. The van der Waals surface area contributed by atoms with Crippen molar-refractivity contribution in [2.75, 3.05) is 49.6 Å². The van der Waals surface area contributed by atoms with Gasteiger partial charge in [-0.3, -0.25) is 14.5 Å². The number of hydrogen-bond acceptors (Lipinski definition) is 10. The summed E-state index contributed by atoms with van der Waals surface area (Å²) in [6.45, 7) is 4.36. The number of hydrogen-bond donors (Lipinski definition) is 3. The van der Waals surface area contributed by atoms with Gasteiger partial charge in [0.1, 0.15) is 6.04 Å². The van der Waals surface area contributed by atoms with Crippen LogP contribution in [0.2, 0.25) is 0 Å². The predicted molar refractivity (Wildman–Crippen MR) is 175 cm³/mol. The van der Waals surface area contributed by atoms with E-state index >= 15 is 0 Å². The van der Waals surface area contributed by atoms with Crippen LogP contribution in [0.4, 0.5) is 11.6 Å². The van der Waals surface area contributed by atoms with Crippen molar-refractivity contribution >= 4 is 23.5 Å². The van der Waals surface area contributed by atoms with E-state index in [4.69, 9.17) is 11.5 Å². The van der Waals surface area contributed by atoms with Gasteiger partial charge in [-0.1, -0.05) is 24.3 Å². The first-order valence-corrected chi connectivity index (χ1v) is 15.9. The van der Waals surface area contributed by atoms with Crippen molar-refractivity contribution in [3.8, 4) is 22.5 Å². The second-order valence-corrected chi connectivity index (χ2v) is 12.3. The summed E-state index contributed by atoms with van der Waals surface area (Å²) in [6, 6.07) is 14.2. The van der Waals surface area contributed by atoms with Crippen LogP contribution in [0.3, 0.4) is 0 Å². The molecule has 1 aliphatic heterocycles. The maximum absolute atomic E-state index is 14.2. The van der Waals surface area contributed by atoms with Gasteiger partial charge in [0.05, 0.1) is 0 Å². The highest BCUT2D eigenvalue weighted by Crippen LogP contribution is 2.33. The van der Waals surface area contributed by atoms with Gasteiger partial charge in [0, 0.05) is 67.7 Å². The monoisotopic (exact) mass is 623 g/mol. The van der Waals surface area contributed by atoms with E-state index in [0.29, 0.717) is 24.0 Å². The minimum atomic E-state index is -0.901. The number of nitrogens with two attached hydrogens (primary N) is 2. The second-order valence-electron chi connectivity index (χ2n) is 12.3. The number of nitrogens with zero attached hydrogens (tertiary/aromatic N) is 8. The molecule has 240 valence electrons. The summed E-state index contributed by atoms with van der Waals surface area (Å²) >= 11 is 0. The molecule has 1 saturated carbocycles. The number of benzene rings is 2. The summed E-state index contributed by atoms with van der Waals surface area (Å²) in [5.74, 6) is 0.687. The topological polar surface area (TPSA) is 176 Å². The third-order valence-electron chi connectivity index (χ3n) is 9.27. The van der Waals surface area contributed by atoms with Crippen LogP contribution in [-0.4, -0.2) is 93.1 Å². The molecule has 2 aliphatic rings. The van der Waals surface area contributed by atoms with Crippen molar-refractivity contribution in [2.45, 2.75) is 38.1 Å². The molecule has 13 heteroatoms. The van der Waals surface area contributed by atoms with E-state index in [0.717, 1.165) is 80.1 Å². The smallest absolute Gasteiger partial charge is 0.240 e. The lowest BCUT2D eigenvalue weighted by Gasteiger charge is -2.35. The maximum Gasteiger partial charge on any atom is 0.240 e. The Morgan fingerprint density at radius 2 is 1.67 bits per heavy atom. The molecule has 3 heterocycles. The Morgan fingerprint density at radius 3 is 2.30 bits per heavy atom. The third kappa shape index (κ3) is 7.05. The number of likely N-dealkylation sites (N-methyl/N-ethyl adjacent to an activating group) is 1. The minimum absolute atomic E-state index is 0.101. The molecule has 46 heavy (non-hydrogen) atoms. The van der Waals surface area contributed by atoms with Crippen molar-refractivity contribution < 1.29 is 9.59 Å². The molecule has 1 saturated heterocycles. The van der Waals surface area contributed by atoms with E-state index in [1.807, 2.05) is 48.8 Å². The number of carbonyl (C=O) groups excluding carboxylic acids is 2. The van der Waals surface area contributed by atoms with Crippen molar-refractivity contribution in [1.29, 1.82) is 0 Å². The minimum Gasteiger partial charge on any atom is -0.368 e. The van der Waals surface area contributed by atoms with Gasteiger partial charge in [-0.2, -0.15) is 5.21 Å². The van der Waals surface area contributed by atoms with E-state index in [2.05, 4.69) is 47.4 Å². The Kier molecular flexibility index (Phi) is 9.60. The Morgan fingerprint density at radius 1 is 0.957 bits per heavy atom. The molecule has 5 N–H and O–H groups in total. The van der Waals surface area contributed by atoms with Crippen LogP contribution in [0.15, 0.2) is 60.9 Å². The molecule has 1 aliphatic carbocycles. The van der Waals surface area contributed by atoms with Crippen LogP contribution in [0, 0.1) is 11.8 Å². The number of primary amides is 1. The standard InChI is InChI=1S/C33H41N11O2/c1-42-13-15-43(16-14-42)33-36-20-27(21-37-33)26-4-2-3-23(17-26)18-29(30(35)45)44(32(46)25-7-5-22(19-34)6-8-25)28-11-9-24(10-12-28)31-38-40-41-39-31/h2-4,9-12,17,20-22,25,29H,5-8,13-16,18-19,34H2,1H3,(H2,35,45)(H,38,39,40,41)/t22?,25?,29-/m0/s1. The molecule has 13 nitrogen and oxygen atoms in total. The average Bonchev–Trinajstić information content (AvgIpc) is 3.64. The van der Waals surface area contributed by atoms with Crippen LogP contribution in [0.1, 0.15) is 31.2 Å². The summed E-state index contributed by atoms with van der Waals surface area (Å²) in [5.41, 5.74) is 16.0. The number of nitrogens with one attached hydrogen (secondary N) is 1. The quantitative estimate of drug-likeness (QED) is 0.238. The lowest BCUT2D eigenvalue weighted by molar-refractivity contribution is -0.127. The molecule has 4 aromatic rings. The van der Waals surface area contributed by atoms with E-state index < -0.39 is 11.9 Å². The first-order chi connectivity index (χ1) is 22.4. The van der Waals surface area contributed by atoms with Gasteiger partial charge in [-0.15, -0.1) is 10.2 Å². The SMILES string of the molecule is CN1CCN(c2ncc(-c3cccc(C[C@@H](C(N)=O)N(C(=O)C4CCC(CN)CC4)c4ccc(-c5nn[nH]n5)cc4)c3)cn2)CC1. The van der Waals surface area contributed by atoms with Crippen molar-refractivity contribution in [3.05, 3.63) is 66.5 Å².